The average molecular weight is 487 g/mol. The summed E-state index contributed by atoms with van der Waals surface area (Å²) in [6, 6.07) is 11.5. The Bertz CT molecular complexity index is 1350. The highest BCUT2D eigenvalue weighted by atomic mass is 16.5. The van der Waals surface area contributed by atoms with Gasteiger partial charge in [0.1, 0.15) is 18.0 Å². The van der Waals surface area contributed by atoms with E-state index in [2.05, 4.69) is 42.9 Å². The summed E-state index contributed by atoms with van der Waals surface area (Å²) in [6.07, 6.45) is 5.38. The first-order valence-electron chi connectivity index (χ1n) is 11.7. The summed E-state index contributed by atoms with van der Waals surface area (Å²) in [5.41, 5.74) is 3.57. The zero-order chi connectivity index (χ0) is 25.7. The van der Waals surface area contributed by atoms with Crippen LogP contribution in [0.3, 0.4) is 0 Å². The Morgan fingerprint density at radius 2 is 1.86 bits per heavy atom. The minimum absolute atomic E-state index is 0.0263. The second-order valence-electron chi connectivity index (χ2n) is 8.26. The quantitative estimate of drug-likeness (QED) is 0.275. The molecule has 0 saturated carbocycles. The molecule has 3 aromatic heterocycles. The number of hydrogen-bond acceptors (Lipinski definition) is 9. The molecule has 3 N–H and O–H groups in total. The molecule has 4 aromatic rings. The van der Waals surface area contributed by atoms with Gasteiger partial charge in [-0.15, -0.1) is 0 Å². The minimum Gasteiger partial charge on any atom is -0.494 e. The number of ether oxygens (including phenoxy) is 1. The van der Waals surface area contributed by atoms with Gasteiger partial charge in [0.25, 0.3) is 0 Å². The van der Waals surface area contributed by atoms with Crippen LogP contribution in [0.2, 0.25) is 0 Å². The second kappa shape index (κ2) is 11.0. The molecule has 4 rings (SSSR count). The Hall–Kier alpha value is -4.31. The Kier molecular flexibility index (Phi) is 7.55. The minimum atomic E-state index is -0.0263. The summed E-state index contributed by atoms with van der Waals surface area (Å²) < 4.78 is 7.35. The fraction of sp³-hybridized carbons (Fsp3) is 0.269. The third kappa shape index (κ3) is 5.33. The smallest absolute Gasteiger partial charge is 0.184 e. The molecule has 1 unspecified atom stereocenters. The van der Waals surface area contributed by atoms with Gasteiger partial charge in [-0.3, -0.25) is 9.48 Å². The number of hydrogen-bond donors (Lipinski definition) is 3. The topological polar surface area (TPSA) is 119 Å². The van der Waals surface area contributed by atoms with Crippen LogP contribution < -0.4 is 20.7 Å². The summed E-state index contributed by atoms with van der Waals surface area (Å²) in [7, 11) is 5.31. The molecule has 36 heavy (non-hydrogen) atoms. The van der Waals surface area contributed by atoms with Crippen molar-refractivity contribution in [1.82, 2.24) is 30.0 Å². The number of methoxy groups -OCH3 is 1. The number of ketones is 1. The van der Waals surface area contributed by atoms with Crippen LogP contribution in [0.1, 0.15) is 42.2 Å². The van der Waals surface area contributed by atoms with Crippen molar-refractivity contribution in [2.45, 2.75) is 26.3 Å². The van der Waals surface area contributed by atoms with E-state index in [1.807, 2.05) is 57.5 Å². The van der Waals surface area contributed by atoms with Crippen LogP contribution in [0, 0.1) is 0 Å². The third-order valence-electron chi connectivity index (χ3n) is 5.83. The Morgan fingerprint density at radius 1 is 1.06 bits per heavy atom. The molecule has 1 aromatic carbocycles. The lowest BCUT2D eigenvalue weighted by atomic mass is 10.1. The van der Waals surface area contributed by atoms with Crippen LogP contribution in [-0.2, 0) is 7.05 Å². The number of pyridine rings is 2. The molecule has 0 saturated heterocycles. The fourth-order valence-electron chi connectivity index (χ4n) is 3.71. The van der Waals surface area contributed by atoms with Crippen molar-refractivity contribution in [3.05, 3.63) is 66.2 Å². The Labute approximate surface area is 210 Å². The molecular weight excluding hydrogens is 456 g/mol. The van der Waals surface area contributed by atoms with Gasteiger partial charge < -0.3 is 20.7 Å². The van der Waals surface area contributed by atoms with E-state index in [0.29, 0.717) is 46.6 Å². The van der Waals surface area contributed by atoms with Crippen molar-refractivity contribution in [2.75, 3.05) is 24.8 Å². The van der Waals surface area contributed by atoms with Gasteiger partial charge in [0.2, 0.25) is 0 Å². The van der Waals surface area contributed by atoms with Gasteiger partial charge in [-0.25, -0.2) is 15.0 Å². The lowest BCUT2D eigenvalue weighted by Crippen LogP contribution is -2.12. The van der Waals surface area contributed by atoms with Crippen LogP contribution in [0.4, 0.5) is 23.0 Å². The van der Waals surface area contributed by atoms with Gasteiger partial charge in [-0.1, -0.05) is 19.1 Å². The molecule has 3 heterocycles. The van der Waals surface area contributed by atoms with E-state index in [-0.39, 0.29) is 11.8 Å². The number of nitrogens with one attached hydrogen (secondary N) is 3. The molecule has 0 radical (unpaired) electrons. The number of carbonyl (C=O) groups is 1. The molecule has 0 aliphatic rings. The molecule has 1 atom stereocenters. The van der Waals surface area contributed by atoms with Gasteiger partial charge in [0.05, 0.1) is 29.6 Å². The number of Topliss-reactive ketones (excluding diaryl/α,β-unsaturated/α-hetero) is 1. The van der Waals surface area contributed by atoms with Crippen LogP contribution in [-0.4, -0.2) is 44.7 Å². The highest BCUT2D eigenvalue weighted by Crippen LogP contribution is 2.37. The molecule has 10 heteroatoms. The summed E-state index contributed by atoms with van der Waals surface area (Å²) in [5, 5.41) is 14.2. The normalized spacial score (nSPS) is 11.7. The van der Waals surface area contributed by atoms with Gasteiger partial charge >= 0.3 is 0 Å². The molecule has 0 amide bonds. The largest absolute Gasteiger partial charge is 0.494 e. The van der Waals surface area contributed by atoms with Gasteiger partial charge in [-0.2, -0.15) is 5.10 Å². The third-order valence-corrected chi connectivity index (χ3v) is 5.83. The van der Waals surface area contributed by atoms with Crippen molar-refractivity contribution in [2.24, 2.45) is 7.05 Å². The molecule has 0 bridgehead atoms. The zero-order valence-corrected chi connectivity index (χ0v) is 21.0. The average Bonchev–Trinajstić information content (AvgIpc) is 3.34. The van der Waals surface area contributed by atoms with E-state index in [0.717, 1.165) is 11.1 Å². The van der Waals surface area contributed by atoms with Crippen LogP contribution in [0.25, 0.3) is 11.4 Å². The van der Waals surface area contributed by atoms with Crippen LogP contribution >= 0.6 is 0 Å². The zero-order valence-electron chi connectivity index (χ0n) is 21.0. The standard InChI is InChI=1S/C26H30N8O2/c1-6-22(35)19-14-29-24(32-23-11-10-17(13-28-23)16(2)27-3)12-21(19)31-20-9-7-8-18(25(20)36-5)26-30-15-34(4)33-26/h7-16,27H,6H2,1-5H3,(H2,28,29,31,32). The van der Waals surface area contributed by atoms with Crippen molar-refractivity contribution in [3.63, 3.8) is 0 Å². The van der Waals surface area contributed by atoms with Crippen LogP contribution in [0.5, 0.6) is 5.75 Å². The molecule has 186 valence electrons. The second-order valence-corrected chi connectivity index (χ2v) is 8.26. The first-order valence-corrected chi connectivity index (χ1v) is 11.7. The summed E-state index contributed by atoms with van der Waals surface area (Å²) in [5.74, 6) is 2.29. The Morgan fingerprint density at radius 3 is 2.50 bits per heavy atom. The first-order chi connectivity index (χ1) is 17.4. The molecule has 0 spiro atoms. The maximum Gasteiger partial charge on any atom is 0.184 e. The number of anilines is 4. The monoisotopic (exact) mass is 486 g/mol. The van der Waals surface area contributed by atoms with E-state index >= 15 is 0 Å². The van der Waals surface area contributed by atoms with Crippen molar-refractivity contribution < 1.29 is 9.53 Å². The molecule has 0 aliphatic carbocycles. The highest BCUT2D eigenvalue weighted by molar-refractivity contribution is 6.02. The van der Waals surface area contributed by atoms with E-state index in [1.165, 1.54) is 0 Å². The van der Waals surface area contributed by atoms with E-state index in [1.54, 1.807) is 30.4 Å². The number of nitrogens with zero attached hydrogens (tertiary/aromatic N) is 5. The maximum atomic E-state index is 12.7. The summed E-state index contributed by atoms with van der Waals surface area (Å²) >= 11 is 0. The predicted octanol–water partition coefficient (Wildman–Crippen LogP) is 4.64. The number of aryl methyl sites for hydroxylation is 1. The van der Waals surface area contributed by atoms with E-state index in [4.69, 9.17) is 4.74 Å². The maximum absolute atomic E-state index is 12.7. The first kappa shape index (κ1) is 24.8. The highest BCUT2D eigenvalue weighted by Gasteiger charge is 2.18. The lowest BCUT2D eigenvalue weighted by Gasteiger charge is -2.17. The van der Waals surface area contributed by atoms with Crippen molar-refractivity contribution >= 4 is 28.8 Å². The Balaban J connectivity index is 1.68. The van der Waals surface area contributed by atoms with E-state index in [9.17, 15) is 4.79 Å². The predicted molar refractivity (Wildman–Crippen MR) is 140 cm³/mol. The van der Waals surface area contributed by atoms with E-state index < -0.39 is 0 Å². The fourth-order valence-corrected chi connectivity index (χ4v) is 3.71. The molecule has 0 fully saturated rings. The number of rotatable bonds is 10. The lowest BCUT2D eigenvalue weighted by molar-refractivity contribution is 0.0988. The number of benzene rings is 1. The van der Waals surface area contributed by atoms with Crippen molar-refractivity contribution in [1.29, 1.82) is 0 Å². The SMILES string of the molecule is CCC(=O)c1cnc(Nc2ccc(C(C)NC)cn2)cc1Nc1cccc(-c2ncn(C)n2)c1OC. The van der Waals surface area contributed by atoms with Gasteiger partial charge in [-0.05, 0) is 37.7 Å². The number of aromatic nitrogens is 5. The number of carbonyl (C=O) groups excluding carboxylic acids is 1. The van der Waals surface area contributed by atoms with Crippen LogP contribution in [0.15, 0.2) is 55.1 Å². The van der Waals surface area contributed by atoms with Gasteiger partial charge in [0, 0.05) is 38.0 Å². The summed E-state index contributed by atoms with van der Waals surface area (Å²) in [4.78, 5) is 26.0. The molecule has 0 aliphatic heterocycles. The number of para-hydroxylation sites is 1. The molecule has 10 nitrogen and oxygen atoms in total. The summed E-state index contributed by atoms with van der Waals surface area (Å²) in [6.45, 7) is 3.89. The molecular formula is C26H30N8O2. The van der Waals surface area contributed by atoms with Crippen molar-refractivity contribution in [3.8, 4) is 17.1 Å². The van der Waals surface area contributed by atoms with Gasteiger partial charge in [0.15, 0.2) is 17.4 Å².